The van der Waals surface area contributed by atoms with Crippen molar-refractivity contribution < 1.29 is 19.1 Å². The standard InChI is InChI=1S/C16H19FN4O3/c1-2-4-14-13(20-16(24)18-8-7-15(22)23)10-19-21(14)12-6-3-5-11(17)9-12/h3,5-6,9-10H,2,4,7-8H2,1H3,(H,22,23)(H2,18,20,24). The van der Waals surface area contributed by atoms with Crippen molar-refractivity contribution in [1.82, 2.24) is 15.1 Å². The molecular formula is C16H19FN4O3. The summed E-state index contributed by atoms with van der Waals surface area (Å²) >= 11 is 0. The molecule has 128 valence electrons. The van der Waals surface area contributed by atoms with Crippen molar-refractivity contribution >= 4 is 17.7 Å². The average molecular weight is 334 g/mol. The molecule has 0 atom stereocenters. The maximum absolute atomic E-state index is 13.4. The van der Waals surface area contributed by atoms with Crippen molar-refractivity contribution in [2.75, 3.05) is 11.9 Å². The lowest BCUT2D eigenvalue weighted by molar-refractivity contribution is -0.136. The van der Waals surface area contributed by atoms with Crippen LogP contribution in [0.5, 0.6) is 0 Å². The number of carboxylic acid groups (broad SMARTS) is 1. The fourth-order valence-corrected chi connectivity index (χ4v) is 2.24. The molecule has 24 heavy (non-hydrogen) atoms. The number of anilines is 1. The highest BCUT2D eigenvalue weighted by Crippen LogP contribution is 2.21. The van der Waals surface area contributed by atoms with Crippen LogP contribution in [-0.4, -0.2) is 33.4 Å². The molecule has 2 aromatic rings. The summed E-state index contributed by atoms with van der Waals surface area (Å²) < 4.78 is 15.0. The van der Waals surface area contributed by atoms with Gasteiger partial charge in [-0.2, -0.15) is 5.10 Å². The zero-order valence-corrected chi connectivity index (χ0v) is 13.3. The first-order valence-electron chi connectivity index (χ1n) is 7.60. The Bertz CT molecular complexity index is 730. The first-order chi connectivity index (χ1) is 11.5. The van der Waals surface area contributed by atoms with Crippen molar-refractivity contribution in [2.24, 2.45) is 0 Å². The Morgan fingerprint density at radius 1 is 1.38 bits per heavy atom. The Morgan fingerprint density at radius 2 is 2.17 bits per heavy atom. The van der Waals surface area contributed by atoms with Gasteiger partial charge in [0.15, 0.2) is 0 Å². The van der Waals surface area contributed by atoms with Crippen LogP contribution in [0.1, 0.15) is 25.5 Å². The van der Waals surface area contributed by atoms with Crippen LogP contribution >= 0.6 is 0 Å². The van der Waals surface area contributed by atoms with Crippen LogP contribution in [0.2, 0.25) is 0 Å². The van der Waals surface area contributed by atoms with Gasteiger partial charge in [-0.15, -0.1) is 0 Å². The van der Waals surface area contributed by atoms with Crippen molar-refractivity contribution in [3.63, 3.8) is 0 Å². The molecule has 0 saturated heterocycles. The van der Waals surface area contributed by atoms with Gasteiger partial charge in [0.05, 0.1) is 29.7 Å². The predicted molar refractivity (Wildman–Crippen MR) is 86.8 cm³/mol. The maximum atomic E-state index is 13.4. The molecule has 0 radical (unpaired) electrons. The van der Waals surface area contributed by atoms with Gasteiger partial charge < -0.3 is 15.7 Å². The molecule has 8 heteroatoms. The van der Waals surface area contributed by atoms with Gasteiger partial charge in [0, 0.05) is 6.54 Å². The molecule has 0 aliphatic carbocycles. The van der Waals surface area contributed by atoms with E-state index in [1.807, 2.05) is 6.92 Å². The highest BCUT2D eigenvalue weighted by molar-refractivity contribution is 5.90. The lowest BCUT2D eigenvalue weighted by Crippen LogP contribution is -2.30. The third kappa shape index (κ3) is 4.55. The van der Waals surface area contributed by atoms with Gasteiger partial charge in [0.1, 0.15) is 5.82 Å². The number of carbonyl (C=O) groups excluding carboxylic acids is 1. The van der Waals surface area contributed by atoms with E-state index in [2.05, 4.69) is 15.7 Å². The van der Waals surface area contributed by atoms with Gasteiger partial charge >= 0.3 is 12.0 Å². The van der Waals surface area contributed by atoms with E-state index in [9.17, 15) is 14.0 Å². The van der Waals surface area contributed by atoms with Crippen LogP contribution in [0.15, 0.2) is 30.5 Å². The van der Waals surface area contributed by atoms with E-state index in [1.54, 1.807) is 16.8 Å². The number of aliphatic carboxylic acids is 1. The summed E-state index contributed by atoms with van der Waals surface area (Å²) in [7, 11) is 0. The minimum atomic E-state index is -0.985. The first kappa shape index (κ1) is 17.5. The number of hydrogen-bond acceptors (Lipinski definition) is 3. The van der Waals surface area contributed by atoms with Crippen LogP contribution in [0, 0.1) is 5.82 Å². The second kappa shape index (κ2) is 8.09. The quantitative estimate of drug-likeness (QED) is 0.725. The van der Waals surface area contributed by atoms with E-state index in [0.717, 1.165) is 12.1 Å². The summed E-state index contributed by atoms with van der Waals surface area (Å²) in [5.74, 6) is -1.35. The number of aromatic nitrogens is 2. The number of nitrogens with one attached hydrogen (secondary N) is 2. The summed E-state index contributed by atoms with van der Waals surface area (Å²) in [5.41, 5.74) is 1.82. The minimum absolute atomic E-state index is 0.0301. The molecule has 2 amide bonds. The molecule has 0 fully saturated rings. The second-order valence-electron chi connectivity index (χ2n) is 5.17. The van der Waals surface area contributed by atoms with E-state index in [1.165, 1.54) is 18.3 Å². The largest absolute Gasteiger partial charge is 0.481 e. The lowest BCUT2D eigenvalue weighted by Gasteiger charge is -2.10. The van der Waals surface area contributed by atoms with Gasteiger partial charge in [-0.25, -0.2) is 13.9 Å². The van der Waals surface area contributed by atoms with Gasteiger partial charge in [-0.05, 0) is 24.6 Å². The maximum Gasteiger partial charge on any atom is 0.319 e. The molecule has 0 aliphatic heterocycles. The van der Waals surface area contributed by atoms with Crippen LogP contribution in [-0.2, 0) is 11.2 Å². The monoisotopic (exact) mass is 334 g/mol. The number of hydrogen-bond donors (Lipinski definition) is 3. The topological polar surface area (TPSA) is 96.2 Å². The Kier molecular flexibility index (Phi) is 5.89. The van der Waals surface area contributed by atoms with Crippen LogP contribution in [0.3, 0.4) is 0 Å². The van der Waals surface area contributed by atoms with E-state index in [-0.39, 0.29) is 18.8 Å². The fraction of sp³-hybridized carbons (Fsp3) is 0.312. The van der Waals surface area contributed by atoms with Gasteiger partial charge in [0.25, 0.3) is 0 Å². The smallest absolute Gasteiger partial charge is 0.319 e. The van der Waals surface area contributed by atoms with E-state index in [0.29, 0.717) is 17.8 Å². The molecule has 0 saturated carbocycles. The van der Waals surface area contributed by atoms with Crippen molar-refractivity contribution in [3.8, 4) is 5.69 Å². The number of carbonyl (C=O) groups is 2. The second-order valence-corrected chi connectivity index (χ2v) is 5.17. The molecule has 2 rings (SSSR count). The molecule has 1 heterocycles. The summed E-state index contributed by atoms with van der Waals surface area (Å²) in [6, 6.07) is 5.52. The summed E-state index contributed by atoms with van der Waals surface area (Å²) in [5, 5.41) is 17.9. The fourth-order valence-electron chi connectivity index (χ4n) is 2.24. The molecule has 1 aromatic heterocycles. The number of amides is 2. The summed E-state index contributed by atoms with van der Waals surface area (Å²) in [6.07, 6.45) is 2.79. The van der Waals surface area contributed by atoms with Gasteiger partial charge in [-0.1, -0.05) is 19.4 Å². The Morgan fingerprint density at radius 3 is 2.83 bits per heavy atom. The molecule has 0 bridgehead atoms. The predicted octanol–water partition coefficient (Wildman–Crippen LogP) is 2.56. The molecular weight excluding hydrogens is 315 g/mol. The van der Waals surface area contributed by atoms with Crippen molar-refractivity contribution in [2.45, 2.75) is 26.2 Å². The zero-order valence-electron chi connectivity index (χ0n) is 13.3. The van der Waals surface area contributed by atoms with Crippen LogP contribution < -0.4 is 10.6 Å². The average Bonchev–Trinajstić information content (AvgIpc) is 2.90. The minimum Gasteiger partial charge on any atom is -0.481 e. The normalized spacial score (nSPS) is 10.4. The van der Waals surface area contributed by atoms with E-state index in [4.69, 9.17) is 5.11 Å². The van der Waals surface area contributed by atoms with Gasteiger partial charge in [0.2, 0.25) is 0 Å². The molecule has 1 aromatic carbocycles. The molecule has 3 N–H and O–H groups in total. The first-order valence-corrected chi connectivity index (χ1v) is 7.60. The SMILES string of the molecule is CCCc1c(NC(=O)NCCC(=O)O)cnn1-c1cccc(F)c1. The van der Waals surface area contributed by atoms with Crippen LogP contribution in [0.4, 0.5) is 14.9 Å². The third-order valence-electron chi connectivity index (χ3n) is 3.28. The van der Waals surface area contributed by atoms with E-state index < -0.39 is 12.0 Å². The Labute approximate surface area is 138 Å². The number of rotatable bonds is 7. The molecule has 0 spiro atoms. The Balaban J connectivity index is 2.16. The number of benzene rings is 1. The van der Waals surface area contributed by atoms with Crippen LogP contribution in [0.25, 0.3) is 5.69 Å². The number of carboxylic acids is 1. The summed E-state index contributed by atoms with van der Waals surface area (Å²) in [4.78, 5) is 22.3. The van der Waals surface area contributed by atoms with E-state index >= 15 is 0 Å². The summed E-state index contributed by atoms with van der Waals surface area (Å²) in [6.45, 7) is 2.02. The lowest BCUT2D eigenvalue weighted by atomic mass is 10.2. The highest BCUT2D eigenvalue weighted by Gasteiger charge is 2.14. The number of urea groups is 1. The van der Waals surface area contributed by atoms with Crippen molar-refractivity contribution in [1.29, 1.82) is 0 Å². The number of halogens is 1. The highest BCUT2D eigenvalue weighted by atomic mass is 19.1. The number of nitrogens with zero attached hydrogens (tertiary/aromatic N) is 2. The third-order valence-corrected chi connectivity index (χ3v) is 3.28. The zero-order chi connectivity index (χ0) is 17.5. The Hall–Kier alpha value is -2.90. The molecule has 7 nitrogen and oxygen atoms in total. The van der Waals surface area contributed by atoms with Gasteiger partial charge in [-0.3, -0.25) is 4.79 Å². The molecule has 0 unspecified atom stereocenters. The van der Waals surface area contributed by atoms with Crippen molar-refractivity contribution in [3.05, 3.63) is 42.0 Å². The molecule has 0 aliphatic rings.